The third-order valence-corrected chi connectivity index (χ3v) is 10.1. The first kappa shape index (κ1) is 23.0. The van der Waals surface area contributed by atoms with Gasteiger partial charge in [0.1, 0.15) is 4.83 Å². The Morgan fingerprint density at radius 2 is 1.24 bits per heavy atom. The summed E-state index contributed by atoms with van der Waals surface area (Å²) in [5, 5.41) is 5.18. The van der Waals surface area contributed by atoms with Crippen LogP contribution in [0.4, 0.5) is 0 Å². The molecule has 0 fully saturated rings. The summed E-state index contributed by atoms with van der Waals surface area (Å²) in [4.78, 5) is 6.54. The number of fused-ring (bicyclic) bond motifs is 10. The van der Waals surface area contributed by atoms with Gasteiger partial charge in [0.25, 0.3) is 0 Å². The van der Waals surface area contributed by atoms with E-state index < -0.39 is 0 Å². The molecular formula is C38H26N2S. The summed E-state index contributed by atoms with van der Waals surface area (Å²) in [7, 11) is 0. The lowest BCUT2D eigenvalue weighted by Crippen LogP contribution is -2.15. The number of rotatable bonds is 2. The van der Waals surface area contributed by atoms with E-state index in [4.69, 9.17) is 4.98 Å². The largest absolute Gasteiger partial charge is 0.309 e. The lowest BCUT2D eigenvalue weighted by Gasteiger charge is -2.23. The van der Waals surface area contributed by atoms with Crippen LogP contribution in [-0.4, -0.2) is 9.55 Å². The van der Waals surface area contributed by atoms with E-state index in [1.54, 1.807) is 11.3 Å². The van der Waals surface area contributed by atoms with Gasteiger partial charge in [-0.25, -0.2) is 4.98 Å². The summed E-state index contributed by atoms with van der Waals surface area (Å²) in [5.74, 6) is 0. The summed E-state index contributed by atoms with van der Waals surface area (Å²) in [5.41, 5.74) is 11.1. The molecule has 1 aliphatic carbocycles. The van der Waals surface area contributed by atoms with E-state index in [1.165, 1.54) is 59.5 Å². The Morgan fingerprint density at radius 3 is 1.98 bits per heavy atom. The predicted molar refractivity (Wildman–Crippen MR) is 174 cm³/mol. The molecule has 0 atom stereocenters. The molecule has 194 valence electrons. The minimum Gasteiger partial charge on any atom is -0.309 e. The fourth-order valence-electron chi connectivity index (χ4n) is 7.20. The molecule has 3 aromatic heterocycles. The van der Waals surface area contributed by atoms with Crippen LogP contribution in [0, 0.1) is 0 Å². The number of hydrogen-bond donors (Lipinski definition) is 0. The Bertz CT molecular complexity index is 2280. The number of nitrogens with zero attached hydrogens (tertiary/aromatic N) is 2. The van der Waals surface area contributed by atoms with E-state index in [0.717, 1.165) is 21.8 Å². The smallest absolute Gasteiger partial charge is 0.125 e. The third-order valence-electron chi connectivity index (χ3n) is 9.00. The number of para-hydroxylation sites is 2. The molecule has 3 heterocycles. The Balaban J connectivity index is 1.31. The van der Waals surface area contributed by atoms with Crippen molar-refractivity contribution in [3.8, 4) is 28.1 Å². The molecule has 8 aromatic rings. The van der Waals surface area contributed by atoms with Crippen molar-refractivity contribution in [1.29, 1.82) is 0 Å². The molecule has 0 saturated heterocycles. The Morgan fingerprint density at radius 1 is 0.634 bits per heavy atom. The van der Waals surface area contributed by atoms with E-state index in [0.29, 0.717) is 0 Å². The first-order valence-electron chi connectivity index (χ1n) is 14.2. The molecule has 9 rings (SSSR count). The van der Waals surface area contributed by atoms with Crippen molar-refractivity contribution in [2.45, 2.75) is 19.3 Å². The van der Waals surface area contributed by atoms with Crippen LogP contribution in [0.15, 0.2) is 121 Å². The number of pyridine rings is 1. The van der Waals surface area contributed by atoms with Gasteiger partial charge in [-0.1, -0.05) is 105 Å². The first-order chi connectivity index (χ1) is 20.1. The van der Waals surface area contributed by atoms with Crippen LogP contribution in [0.1, 0.15) is 25.0 Å². The fraction of sp³-hybridized carbons (Fsp3) is 0.0789. The van der Waals surface area contributed by atoms with Gasteiger partial charge in [0.05, 0.1) is 16.7 Å². The summed E-state index contributed by atoms with van der Waals surface area (Å²) >= 11 is 1.80. The third kappa shape index (κ3) is 3.04. The van der Waals surface area contributed by atoms with E-state index in [1.807, 2.05) is 0 Å². The minimum absolute atomic E-state index is 0.116. The van der Waals surface area contributed by atoms with Crippen molar-refractivity contribution in [3.63, 3.8) is 0 Å². The monoisotopic (exact) mass is 542 g/mol. The van der Waals surface area contributed by atoms with Gasteiger partial charge < -0.3 is 4.57 Å². The molecular weight excluding hydrogens is 516 g/mol. The number of aromatic nitrogens is 2. The molecule has 0 N–H and O–H groups in total. The molecule has 0 amide bonds. The van der Waals surface area contributed by atoms with Crippen molar-refractivity contribution in [1.82, 2.24) is 9.55 Å². The summed E-state index contributed by atoms with van der Waals surface area (Å²) < 4.78 is 3.67. The highest BCUT2D eigenvalue weighted by Crippen LogP contribution is 2.56. The second kappa shape index (κ2) is 8.15. The van der Waals surface area contributed by atoms with Gasteiger partial charge in [0.15, 0.2) is 0 Å². The maximum atomic E-state index is 5.42. The summed E-state index contributed by atoms with van der Waals surface area (Å²) in [6.45, 7) is 4.75. The molecule has 0 bridgehead atoms. The van der Waals surface area contributed by atoms with Gasteiger partial charge in [-0.3, -0.25) is 0 Å². The quantitative estimate of drug-likeness (QED) is 0.212. The van der Waals surface area contributed by atoms with Gasteiger partial charge in [0.2, 0.25) is 0 Å². The van der Waals surface area contributed by atoms with E-state index in [2.05, 4.69) is 140 Å². The van der Waals surface area contributed by atoms with Crippen molar-refractivity contribution < 1.29 is 0 Å². The van der Waals surface area contributed by atoms with Crippen LogP contribution >= 0.6 is 11.3 Å². The Labute approximate surface area is 242 Å². The molecule has 3 heteroatoms. The number of hydrogen-bond acceptors (Lipinski definition) is 2. The second-order valence-corrected chi connectivity index (χ2v) is 12.6. The number of benzene rings is 5. The standard InChI is InChI=1S/C38H26N2S/c1-38(2)29-15-7-3-13-27(29)33-35(38)34-28-14-6-10-18-32(28)41-37(34)39-36(33)23-19-21-24(22-20-23)40-30-16-8-4-11-25(30)26-12-5-9-17-31(26)40/h3-22H,1-2H3. The predicted octanol–water partition coefficient (Wildman–Crippen LogP) is 10.5. The molecule has 41 heavy (non-hydrogen) atoms. The highest BCUT2D eigenvalue weighted by Gasteiger charge is 2.40. The molecule has 0 saturated carbocycles. The van der Waals surface area contributed by atoms with Gasteiger partial charge in [-0.15, -0.1) is 11.3 Å². The van der Waals surface area contributed by atoms with Crippen LogP contribution in [0.25, 0.3) is 70.2 Å². The Kier molecular flexibility index (Phi) is 4.58. The average molecular weight is 543 g/mol. The lowest BCUT2D eigenvalue weighted by molar-refractivity contribution is 0.666. The van der Waals surface area contributed by atoms with E-state index in [-0.39, 0.29) is 5.41 Å². The highest BCUT2D eigenvalue weighted by molar-refractivity contribution is 7.25. The van der Waals surface area contributed by atoms with Crippen LogP contribution in [0.5, 0.6) is 0 Å². The minimum atomic E-state index is -0.116. The van der Waals surface area contributed by atoms with Crippen LogP contribution in [0.2, 0.25) is 0 Å². The molecule has 0 radical (unpaired) electrons. The maximum Gasteiger partial charge on any atom is 0.125 e. The van der Waals surface area contributed by atoms with Crippen LogP contribution in [0.3, 0.4) is 0 Å². The van der Waals surface area contributed by atoms with Crippen molar-refractivity contribution in [2.75, 3.05) is 0 Å². The van der Waals surface area contributed by atoms with Crippen molar-refractivity contribution >= 4 is 53.4 Å². The molecule has 1 aliphatic rings. The highest BCUT2D eigenvalue weighted by atomic mass is 32.1. The summed E-state index contributed by atoms with van der Waals surface area (Å²) in [6.07, 6.45) is 0. The zero-order chi connectivity index (χ0) is 27.3. The van der Waals surface area contributed by atoms with E-state index in [9.17, 15) is 0 Å². The van der Waals surface area contributed by atoms with Crippen molar-refractivity contribution in [3.05, 3.63) is 132 Å². The van der Waals surface area contributed by atoms with Gasteiger partial charge in [-0.05, 0) is 47.0 Å². The second-order valence-electron chi connectivity index (χ2n) is 11.6. The van der Waals surface area contributed by atoms with Crippen molar-refractivity contribution in [2.24, 2.45) is 0 Å². The molecule has 5 aromatic carbocycles. The van der Waals surface area contributed by atoms with Gasteiger partial charge >= 0.3 is 0 Å². The molecule has 0 spiro atoms. The van der Waals surface area contributed by atoms with Crippen LogP contribution in [-0.2, 0) is 5.41 Å². The normalized spacial score (nSPS) is 13.8. The SMILES string of the molecule is CC1(C)c2ccccc2-c2c(-c3ccc(-n4c5ccccc5c5ccccc54)cc3)nc3sc4ccccc4c3c21. The lowest BCUT2D eigenvalue weighted by atomic mass is 9.80. The average Bonchev–Trinajstić information content (AvgIpc) is 3.63. The van der Waals surface area contributed by atoms with Gasteiger partial charge in [0, 0.05) is 48.5 Å². The molecule has 0 aliphatic heterocycles. The summed E-state index contributed by atoms with van der Waals surface area (Å²) in [6, 6.07) is 44.1. The Hall–Kier alpha value is -4.73. The zero-order valence-corrected chi connectivity index (χ0v) is 23.7. The zero-order valence-electron chi connectivity index (χ0n) is 22.8. The molecule has 2 nitrogen and oxygen atoms in total. The van der Waals surface area contributed by atoms with E-state index >= 15 is 0 Å². The van der Waals surface area contributed by atoms with Crippen LogP contribution < -0.4 is 0 Å². The molecule has 0 unspecified atom stereocenters. The van der Waals surface area contributed by atoms with Gasteiger partial charge in [-0.2, -0.15) is 0 Å². The number of thiophene rings is 1. The maximum absolute atomic E-state index is 5.42. The fourth-order valence-corrected chi connectivity index (χ4v) is 8.29. The first-order valence-corrected chi connectivity index (χ1v) is 15.0. The topological polar surface area (TPSA) is 17.8 Å².